The van der Waals surface area contributed by atoms with Crippen molar-refractivity contribution in [3.05, 3.63) is 176 Å². The predicted octanol–water partition coefficient (Wildman–Crippen LogP) is 13.9. The number of hydrogen-bond acceptors (Lipinski definition) is 5. The van der Waals surface area contributed by atoms with Gasteiger partial charge in [0, 0.05) is 78.8 Å². The topological polar surface area (TPSA) is 60.5 Å². The van der Waals surface area contributed by atoms with Gasteiger partial charge in [-0.1, -0.05) is 78.9 Å². The summed E-state index contributed by atoms with van der Waals surface area (Å²) < 4.78 is 21.6. The van der Waals surface area contributed by atoms with Crippen molar-refractivity contribution in [2.75, 3.05) is 4.90 Å². The minimum absolute atomic E-state index is 0.593. The quantitative estimate of drug-likeness (QED) is 0.178. The number of aromatic nitrogens is 2. The van der Waals surface area contributed by atoms with Gasteiger partial charge < -0.3 is 22.7 Å². The average molecular weight is 708 g/mol. The van der Waals surface area contributed by atoms with Crippen molar-refractivity contribution in [3.8, 4) is 17.1 Å². The van der Waals surface area contributed by atoms with Crippen molar-refractivity contribution in [2.45, 2.75) is 0 Å². The minimum atomic E-state index is 0.593. The van der Waals surface area contributed by atoms with Gasteiger partial charge in [0.15, 0.2) is 5.58 Å². The first-order chi connectivity index (χ1) is 27.2. The molecule has 0 aliphatic rings. The number of anilines is 3. The second-order valence-corrected chi connectivity index (χ2v) is 14.0. The Morgan fingerprint density at radius 2 is 0.945 bits per heavy atom. The number of benzene rings is 8. The predicted molar refractivity (Wildman–Crippen MR) is 223 cm³/mol. The van der Waals surface area contributed by atoms with E-state index in [1.54, 1.807) is 0 Å². The maximum absolute atomic E-state index is 6.60. The second kappa shape index (κ2) is 11.5. The van der Waals surface area contributed by atoms with Crippen molar-refractivity contribution in [2.24, 2.45) is 0 Å². The van der Waals surface area contributed by atoms with E-state index in [0.717, 1.165) is 94.3 Å². The second-order valence-electron chi connectivity index (χ2n) is 14.0. The van der Waals surface area contributed by atoms with Crippen molar-refractivity contribution >= 4 is 93.8 Å². The first-order valence-corrected chi connectivity index (χ1v) is 18.4. The summed E-state index contributed by atoms with van der Waals surface area (Å²) in [5, 5.41) is 6.57. The lowest BCUT2D eigenvalue weighted by molar-refractivity contribution is 0.620. The van der Waals surface area contributed by atoms with Crippen LogP contribution in [0.5, 0.6) is 0 Å². The summed E-state index contributed by atoms with van der Waals surface area (Å²) in [6, 6.07) is 61.0. The molecule has 0 aliphatic heterocycles. The molecule has 4 heterocycles. The monoisotopic (exact) mass is 707 g/mol. The highest BCUT2D eigenvalue weighted by Crippen LogP contribution is 2.43. The van der Waals surface area contributed by atoms with E-state index in [1.807, 2.05) is 54.6 Å². The lowest BCUT2D eigenvalue weighted by atomic mass is 10.1. The molecule has 55 heavy (non-hydrogen) atoms. The number of oxazole rings is 1. The molecule has 0 unspecified atom stereocenters. The third-order valence-electron chi connectivity index (χ3n) is 10.8. The van der Waals surface area contributed by atoms with E-state index < -0.39 is 0 Å². The molecule has 0 aliphatic carbocycles. The molecule has 0 spiro atoms. The lowest BCUT2D eigenvalue weighted by Crippen LogP contribution is -2.10. The van der Waals surface area contributed by atoms with E-state index in [2.05, 4.69) is 131 Å². The molecule has 12 aromatic rings. The Hall–Kier alpha value is -7.57. The standard InChI is InChI=1S/C49H29N3O3/c1-3-11-30(12-4-1)49-50-41-29-47-40(28-48(41)55-49)39-24-21-34(27-46(39)54-47)51(33-20-23-38-37-16-8-10-18-44(37)53-45(38)26-33)32-19-22-36-35-15-7-9-17-42(35)52(43(36)25-32)31-13-5-2-6-14-31/h1-29H. The van der Waals surface area contributed by atoms with Gasteiger partial charge in [0.25, 0.3) is 0 Å². The van der Waals surface area contributed by atoms with Gasteiger partial charge in [-0.25, -0.2) is 4.98 Å². The summed E-state index contributed by atoms with van der Waals surface area (Å²) >= 11 is 0. The molecular weight excluding hydrogens is 679 g/mol. The Balaban J connectivity index is 1.06. The van der Waals surface area contributed by atoms with E-state index in [1.165, 1.54) is 10.8 Å². The van der Waals surface area contributed by atoms with Gasteiger partial charge in [0.2, 0.25) is 5.89 Å². The molecule has 258 valence electrons. The lowest BCUT2D eigenvalue weighted by Gasteiger charge is -2.25. The van der Waals surface area contributed by atoms with Crippen LogP contribution in [0.15, 0.2) is 189 Å². The summed E-state index contributed by atoms with van der Waals surface area (Å²) in [6.45, 7) is 0. The highest BCUT2D eigenvalue weighted by Gasteiger charge is 2.21. The SMILES string of the molecule is c1ccc(-c2nc3cc4oc5cc(N(c6ccc7c(c6)oc6ccccc67)c6ccc7c8ccccc8n(-c8ccccc8)c7c6)ccc5c4cc3o2)cc1. The van der Waals surface area contributed by atoms with Gasteiger partial charge in [-0.15, -0.1) is 0 Å². The fourth-order valence-electron chi connectivity index (χ4n) is 8.28. The third kappa shape index (κ3) is 4.58. The summed E-state index contributed by atoms with van der Waals surface area (Å²) in [6.07, 6.45) is 0. The molecular formula is C49H29N3O3. The molecule has 0 N–H and O–H groups in total. The van der Waals surface area contributed by atoms with Gasteiger partial charge in [-0.05, 0) is 78.9 Å². The van der Waals surface area contributed by atoms with E-state index in [0.29, 0.717) is 5.89 Å². The van der Waals surface area contributed by atoms with Crippen molar-refractivity contribution in [3.63, 3.8) is 0 Å². The van der Waals surface area contributed by atoms with E-state index in [-0.39, 0.29) is 0 Å². The van der Waals surface area contributed by atoms with Crippen molar-refractivity contribution < 1.29 is 13.3 Å². The third-order valence-corrected chi connectivity index (χ3v) is 10.8. The van der Waals surface area contributed by atoms with Crippen molar-refractivity contribution in [1.29, 1.82) is 0 Å². The fraction of sp³-hybridized carbons (Fsp3) is 0. The smallest absolute Gasteiger partial charge is 0.227 e. The summed E-state index contributed by atoms with van der Waals surface area (Å²) in [7, 11) is 0. The fourth-order valence-corrected chi connectivity index (χ4v) is 8.28. The van der Waals surface area contributed by atoms with Crippen LogP contribution in [0, 0.1) is 0 Å². The van der Waals surface area contributed by atoms with Crippen molar-refractivity contribution in [1.82, 2.24) is 9.55 Å². The largest absolute Gasteiger partial charge is 0.456 e. The number of hydrogen-bond donors (Lipinski definition) is 0. The van der Waals surface area contributed by atoms with Crippen LogP contribution < -0.4 is 4.90 Å². The number of nitrogens with zero attached hydrogens (tertiary/aromatic N) is 3. The zero-order chi connectivity index (χ0) is 36.0. The summed E-state index contributed by atoms with van der Waals surface area (Å²) in [5.74, 6) is 0.593. The molecule has 0 saturated heterocycles. The Labute approximate surface area is 313 Å². The van der Waals surface area contributed by atoms with Crippen LogP contribution in [0.3, 0.4) is 0 Å². The van der Waals surface area contributed by atoms with E-state index >= 15 is 0 Å². The highest BCUT2D eigenvalue weighted by atomic mass is 16.4. The van der Waals surface area contributed by atoms with Gasteiger partial charge >= 0.3 is 0 Å². The molecule has 0 saturated carbocycles. The van der Waals surface area contributed by atoms with Crippen LogP contribution in [0.4, 0.5) is 17.1 Å². The van der Waals surface area contributed by atoms with Gasteiger partial charge in [-0.2, -0.15) is 0 Å². The first-order valence-electron chi connectivity index (χ1n) is 18.4. The van der Waals surface area contributed by atoms with Crippen LogP contribution in [0.25, 0.3) is 93.9 Å². The van der Waals surface area contributed by atoms with Crippen LogP contribution in [-0.2, 0) is 0 Å². The number of rotatable bonds is 5. The molecule has 0 bridgehead atoms. The molecule has 6 heteroatoms. The Morgan fingerprint density at radius 3 is 1.73 bits per heavy atom. The number of para-hydroxylation sites is 3. The Bertz CT molecular complexity index is 3440. The van der Waals surface area contributed by atoms with Crippen LogP contribution in [0.2, 0.25) is 0 Å². The highest BCUT2D eigenvalue weighted by molar-refractivity contribution is 6.12. The van der Waals surface area contributed by atoms with Crippen LogP contribution in [-0.4, -0.2) is 9.55 Å². The molecule has 6 nitrogen and oxygen atoms in total. The molecule has 0 atom stereocenters. The Kier molecular flexibility index (Phi) is 6.24. The first kappa shape index (κ1) is 29.9. The van der Waals surface area contributed by atoms with Gasteiger partial charge in [0.05, 0.1) is 11.0 Å². The molecule has 8 aromatic carbocycles. The van der Waals surface area contributed by atoms with E-state index in [4.69, 9.17) is 18.2 Å². The molecule has 4 aromatic heterocycles. The number of furan rings is 2. The van der Waals surface area contributed by atoms with E-state index in [9.17, 15) is 0 Å². The molecule has 12 rings (SSSR count). The molecule has 0 amide bonds. The minimum Gasteiger partial charge on any atom is -0.456 e. The molecule has 0 radical (unpaired) electrons. The average Bonchev–Trinajstić information content (AvgIpc) is 4.00. The maximum atomic E-state index is 6.60. The molecule has 0 fully saturated rings. The zero-order valence-corrected chi connectivity index (χ0v) is 29.3. The summed E-state index contributed by atoms with van der Waals surface area (Å²) in [4.78, 5) is 7.08. The van der Waals surface area contributed by atoms with Gasteiger partial charge in [-0.3, -0.25) is 0 Å². The maximum Gasteiger partial charge on any atom is 0.227 e. The summed E-state index contributed by atoms with van der Waals surface area (Å²) in [5.41, 5.74) is 12.0. The number of fused-ring (bicyclic) bond motifs is 10. The van der Waals surface area contributed by atoms with Crippen LogP contribution in [0.1, 0.15) is 0 Å². The zero-order valence-electron chi connectivity index (χ0n) is 29.3. The normalized spacial score (nSPS) is 12.0. The van der Waals surface area contributed by atoms with Gasteiger partial charge in [0.1, 0.15) is 27.8 Å². The van der Waals surface area contributed by atoms with Crippen LogP contribution >= 0.6 is 0 Å². The Morgan fingerprint density at radius 1 is 0.382 bits per heavy atom.